The molecule has 3 heterocycles. The number of amides is 1. The summed E-state index contributed by atoms with van der Waals surface area (Å²) < 4.78 is 13.1. The molecule has 0 spiro atoms. The molecule has 1 saturated heterocycles. The molecule has 1 amide bonds. The van der Waals surface area contributed by atoms with Gasteiger partial charge >= 0.3 is 0 Å². The van der Waals surface area contributed by atoms with E-state index in [0.717, 1.165) is 43.9 Å². The van der Waals surface area contributed by atoms with Gasteiger partial charge in [0.2, 0.25) is 0 Å². The molecule has 1 fully saturated rings. The summed E-state index contributed by atoms with van der Waals surface area (Å²) in [5, 5.41) is 0. The summed E-state index contributed by atoms with van der Waals surface area (Å²) in [5.74, 6) is 1.39. The largest absolute Gasteiger partial charge is 0.356 e. The van der Waals surface area contributed by atoms with E-state index in [9.17, 15) is 9.18 Å². The third-order valence-electron chi connectivity index (χ3n) is 4.57. The number of piperidine rings is 1. The Bertz CT molecular complexity index is 778. The number of anilines is 1. The monoisotopic (exact) mass is 357 g/mol. The number of hydrogen-bond donors (Lipinski definition) is 0. The lowest BCUT2D eigenvalue weighted by atomic mass is 9.93. The number of pyridine rings is 1. The minimum atomic E-state index is -0.322. The van der Waals surface area contributed by atoms with Gasteiger partial charge in [-0.15, -0.1) is 0 Å². The van der Waals surface area contributed by atoms with E-state index in [-0.39, 0.29) is 11.7 Å². The van der Waals surface area contributed by atoms with Crippen LogP contribution >= 0.6 is 0 Å². The van der Waals surface area contributed by atoms with Gasteiger partial charge in [0.1, 0.15) is 23.2 Å². The van der Waals surface area contributed by atoms with E-state index in [2.05, 4.69) is 19.9 Å². The van der Waals surface area contributed by atoms with Crippen molar-refractivity contribution in [3.05, 3.63) is 47.4 Å². The lowest BCUT2D eigenvalue weighted by Gasteiger charge is -2.33. The predicted molar refractivity (Wildman–Crippen MR) is 97.6 cm³/mol. The summed E-state index contributed by atoms with van der Waals surface area (Å²) in [5.41, 5.74) is 1.33. The van der Waals surface area contributed by atoms with Crippen LogP contribution in [0.5, 0.6) is 0 Å². The molecule has 0 aliphatic carbocycles. The molecule has 6 nitrogen and oxygen atoms in total. The van der Waals surface area contributed by atoms with E-state index in [1.165, 1.54) is 17.2 Å². The maximum Gasteiger partial charge on any atom is 0.272 e. The molecule has 3 rings (SSSR count). The van der Waals surface area contributed by atoms with Crippen molar-refractivity contribution in [3.63, 3.8) is 0 Å². The maximum atomic E-state index is 13.1. The summed E-state index contributed by atoms with van der Waals surface area (Å²) in [6.07, 6.45) is 4.19. The van der Waals surface area contributed by atoms with Crippen molar-refractivity contribution in [2.75, 3.05) is 32.1 Å². The van der Waals surface area contributed by atoms with Crippen LogP contribution in [0.1, 0.15) is 34.8 Å². The van der Waals surface area contributed by atoms with Gasteiger partial charge in [-0.2, -0.15) is 0 Å². The van der Waals surface area contributed by atoms with Gasteiger partial charge in [-0.1, -0.05) is 0 Å². The smallest absolute Gasteiger partial charge is 0.272 e. The highest BCUT2D eigenvalue weighted by Crippen LogP contribution is 2.24. The second-order valence-corrected chi connectivity index (χ2v) is 6.98. The highest BCUT2D eigenvalue weighted by molar-refractivity contribution is 5.92. The Morgan fingerprint density at radius 2 is 2.15 bits per heavy atom. The van der Waals surface area contributed by atoms with Crippen molar-refractivity contribution >= 4 is 11.7 Å². The SMILES string of the molecule is Cc1nc(C[C@H]2CCCN(c3ccc(F)cn3)C2)cc(C(=O)N(C)C)n1. The molecule has 1 aliphatic heterocycles. The summed E-state index contributed by atoms with van der Waals surface area (Å²) >= 11 is 0. The molecule has 1 aliphatic rings. The average molecular weight is 357 g/mol. The molecular weight excluding hydrogens is 333 g/mol. The first-order chi connectivity index (χ1) is 12.4. The molecule has 2 aromatic heterocycles. The summed E-state index contributed by atoms with van der Waals surface area (Å²) in [6, 6.07) is 4.96. The van der Waals surface area contributed by atoms with E-state index >= 15 is 0 Å². The molecule has 0 saturated carbocycles. The summed E-state index contributed by atoms with van der Waals surface area (Å²) in [4.78, 5) is 28.9. The fraction of sp³-hybridized carbons (Fsp3) is 0.474. The van der Waals surface area contributed by atoms with Gasteiger partial charge < -0.3 is 9.80 Å². The van der Waals surface area contributed by atoms with E-state index in [0.29, 0.717) is 17.4 Å². The normalized spacial score (nSPS) is 17.2. The minimum absolute atomic E-state index is 0.113. The maximum absolute atomic E-state index is 13.1. The van der Waals surface area contributed by atoms with Crippen LogP contribution in [-0.2, 0) is 6.42 Å². The van der Waals surface area contributed by atoms with Crippen LogP contribution in [0.25, 0.3) is 0 Å². The number of hydrogen-bond acceptors (Lipinski definition) is 5. The van der Waals surface area contributed by atoms with Crippen molar-refractivity contribution in [2.45, 2.75) is 26.2 Å². The third kappa shape index (κ3) is 4.33. The van der Waals surface area contributed by atoms with Gasteiger partial charge in [0.05, 0.1) is 6.20 Å². The van der Waals surface area contributed by atoms with Crippen LogP contribution in [0.3, 0.4) is 0 Å². The Morgan fingerprint density at radius 1 is 1.35 bits per heavy atom. The lowest BCUT2D eigenvalue weighted by molar-refractivity contribution is 0.0821. The molecular formula is C19H24FN5O. The van der Waals surface area contributed by atoms with Crippen LogP contribution < -0.4 is 4.90 Å². The van der Waals surface area contributed by atoms with Gasteiger partial charge in [0, 0.05) is 32.9 Å². The van der Waals surface area contributed by atoms with Crippen molar-refractivity contribution in [2.24, 2.45) is 5.92 Å². The first kappa shape index (κ1) is 18.2. The van der Waals surface area contributed by atoms with Gasteiger partial charge in [0.25, 0.3) is 5.91 Å². The Kier molecular flexibility index (Phi) is 5.44. The highest BCUT2D eigenvalue weighted by atomic mass is 19.1. The van der Waals surface area contributed by atoms with Gasteiger partial charge in [-0.3, -0.25) is 4.79 Å². The molecule has 0 bridgehead atoms. The van der Waals surface area contributed by atoms with E-state index < -0.39 is 0 Å². The highest BCUT2D eigenvalue weighted by Gasteiger charge is 2.22. The van der Waals surface area contributed by atoms with Gasteiger partial charge in [-0.05, 0) is 50.3 Å². The van der Waals surface area contributed by atoms with Crippen LogP contribution in [0.15, 0.2) is 24.4 Å². The Hall–Kier alpha value is -2.57. The van der Waals surface area contributed by atoms with Crippen molar-refractivity contribution in [3.8, 4) is 0 Å². The van der Waals surface area contributed by atoms with E-state index in [4.69, 9.17) is 0 Å². The fourth-order valence-corrected chi connectivity index (χ4v) is 3.36. The minimum Gasteiger partial charge on any atom is -0.356 e. The molecule has 0 radical (unpaired) electrons. The zero-order valence-electron chi connectivity index (χ0n) is 15.4. The molecule has 26 heavy (non-hydrogen) atoms. The Morgan fingerprint density at radius 3 is 2.85 bits per heavy atom. The first-order valence-electron chi connectivity index (χ1n) is 8.85. The second-order valence-electron chi connectivity index (χ2n) is 6.98. The van der Waals surface area contributed by atoms with Crippen LogP contribution in [0.4, 0.5) is 10.2 Å². The van der Waals surface area contributed by atoms with E-state index in [1.807, 2.05) is 6.92 Å². The number of carbonyl (C=O) groups is 1. The number of carbonyl (C=O) groups excluding carboxylic acids is 1. The standard InChI is InChI=1S/C19H24FN5O/c1-13-22-16(10-17(23-13)19(26)24(2)3)9-14-5-4-8-25(12-14)18-7-6-15(20)11-21-18/h6-7,10-11,14H,4-5,8-9,12H2,1-3H3/t14-/m1/s1. The quantitative estimate of drug-likeness (QED) is 0.841. The Labute approximate surface area is 153 Å². The number of halogens is 1. The van der Waals surface area contributed by atoms with E-state index in [1.54, 1.807) is 26.2 Å². The molecule has 0 unspecified atom stereocenters. The predicted octanol–water partition coefficient (Wildman–Crippen LogP) is 2.48. The Balaban J connectivity index is 1.72. The zero-order chi connectivity index (χ0) is 18.7. The van der Waals surface area contributed by atoms with Crippen molar-refractivity contribution < 1.29 is 9.18 Å². The van der Waals surface area contributed by atoms with Gasteiger partial charge in [0.15, 0.2) is 0 Å². The average Bonchev–Trinajstić information content (AvgIpc) is 2.61. The number of rotatable bonds is 4. The molecule has 138 valence electrons. The molecule has 2 aromatic rings. The number of aromatic nitrogens is 3. The third-order valence-corrected chi connectivity index (χ3v) is 4.57. The summed E-state index contributed by atoms with van der Waals surface area (Å²) in [6.45, 7) is 3.58. The fourth-order valence-electron chi connectivity index (χ4n) is 3.36. The van der Waals surface area contributed by atoms with Crippen molar-refractivity contribution in [1.29, 1.82) is 0 Å². The lowest BCUT2D eigenvalue weighted by Crippen LogP contribution is -2.37. The topological polar surface area (TPSA) is 62.2 Å². The second kappa shape index (κ2) is 7.76. The molecule has 0 aromatic carbocycles. The van der Waals surface area contributed by atoms with Crippen LogP contribution in [0, 0.1) is 18.7 Å². The molecule has 1 atom stereocenters. The zero-order valence-corrected chi connectivity index (χ0v) is 15.4. The first-order valence-corrected chi connectivity index (χ1v) is 8.85. The molecule has 7 heteroatoms. The van der Waals surface area contributed by atoms with Crippen LogP contribution in [-0.4, -0.2) is 52.9 Å². The number of nitrogens with zero attached hydrogens (tertiary/aromatic N) is 5. The van der Waals surface area contributed by atoms with Crippen molar-refractivity contribution in [1.82, 2.24) is 19.9 Å². The summed E-state index contributed by atoms with van der Waals surface area (Å²) in [7, 11) is 3.43. The van der Waals surface area contributed by atoms with Gasteiger partial charge in [-0.25, -0.2) is 19.3 Å². The number of aryl methyl sites for hydroxylation is 1. The van der Waals surface area contributed by atoms with Crippen LogP contribution in [0.2, 0.25) is 0 Å². The molecule has 0 N–H and O–H groups in total.